The van der Waals surface area contributed by atoms with Gasteiger partial charge in [0.1, 0.15) is 6.04 Å². The van der Waals surface area contributed by atoms with Crippen molar-refractivity contribution in [2.45, 2.75) is 33.4 Å². The zero-order valence-electron chi connectivity index (χ0n) is 12.1. The van der Waals surface area contributed by atoms with E-state index in [1.54, 1.807) is 13.8 Å². The predicted molar refractivity (Wildman–Crippen MR) is 75.1 cm³/mol. The van der Waals surface area contributed by atoms with E-state index in [2.05, 4.69) is 5.32 Å². The summed E-state index contributed by atoms with van der Waals surface area (Å²) in [4.78, 5) is 22.7. The third-order valence-electron chi connectivity index (χ3n) is 2.91. The second-order valence-electron chi connectivity index (χ2n) is 5.40. The van der Waals surface area contributed by atoms with E-state index in [4.69, 9.17) is 9.84 Å². The van der Waals surface area contributed by atoms with Gasteiger partial charge in [0.2, 0.25) is 5.91 Å². The van der Waals surface area contributed by atoms with Gasteiger partial charge in [-0.2, -0.15) is 0 Å². The lowest BCUT2D eigenvalue weighted by atomic mass is 9.93. The second-order valence-corrected chi connectivity index (χ2v) is 5.40. The van der Waals surface area contributed by atoms with E-state index >= 15 is 0 Å². The van der Waals surface area contributed by atoms with Crippen molar-refractivity contribution in [3.63, 3.8) is 0 Å². The van der Waals surface area contributed by atoms with Crippen LogP contribution in [0.2, 0.25) is 0 Å². The molecule has 0 saturated heterocycles. The minimum absolute atomic E-state index is 0.222. The Balaban J connectivity index is 2.44. The molecule has 0 bridgehead atoms. The molecule has 0 saturated carbocycles. The van der Waals surface area contributed by atoms with E-state index in [9.17, 15) is 9.59 Å². The molecule has 0 spiro atoms. The standard InChI is InChI=1S/C15H21NO4/c1-11(13(17)18)16-14(19)15(2,3)10-20-9-12-7-5-4-6-8-12/h4-8,11H,9-10H2,1-3H3,(H,16,19)(H,17,18)/t11-/m1/s1. The van der Waals surface area contributed by atoms with Crippen LogP contribution >= 0.6 is 0 Å². The van der Waals surface area contributed by atoms with Crippen molar-refractivity contribution in [1.29, 1.82) is 0 Å². The first kappa shape index (κ1) is 16.2. The Morgan fingerprint density at radius 2 is 1.90 bits per heavy atom. The average molecular weight is 279 g/mol. The summed E-state index contributed by atoms with van der Waals surface area (Å²) < 4.78 is 5.54. The Bertz CT molecular complexity index is 456. The third-order valence-corrected chi connectivity index (χ3v) is 2.91. The van der Waals surface area contributed by atoms with Crippen molar-refractivity contribution in [2.75, 3.05) is 6.61 Å². The first-order valence-corrected chi connectivity index (χ1v) is 6.48. The summed E-state index contributed by atoms with van der Waals surface area (Å²) in [6.45, 7) is 5.52. The Labute approximate surface area is 118 Å². The zero-order valence-corrected chi connectivity index (χ0v) is 12.1. The topological polar surface area (TPSA) is 75.6 Å². The SMILES string of the molecule is C[C@@H](NC(=O)C(C)(C)COCc1ccccc1)C(=O)O. The third kappa shape index (κ3) is 5.01. The number of hydrogen-bond donors (Lipinski definition) is 2. The Kier molecular flexibility index (Phi) is 5.70. The van der Waals surface area contributed by atoms with E-state index < -0.39 is 17.4 Å². The maximum absolute atomic E-state index is 12.0. The van der Waals surface area contributed by atoms with E-state index in [1.807, 2.05) is 30.3 Å². The van der Waals surface area contributed by atoms with Crippen molar-refractivity contribution in [3.8, 4) is 0 Å². The van der Waals surface area contributed by atoms with Crippen LogP contribution in [0.3, 0.4) is 0 Å². The minimum Gasteiger partial charge on any atom is -0.480 e. The molecule has 5 nitrogen and oxygen atoms in total. The van der Waals surface area contributed by atoms with Crippen LogP contribution in [0, 0.1) is 5.41 Å². The van der Waals surface area contributed by atoms with Crippen molar-refractivity contribution < 1.29 is 19.4 Å². The van der Waals surface area contributed by atoms with Crippen molar-refractivity contribution in [2.24, 2.45) is 5.41 Å². The van der Waals surface area contributed by atoms with Gasteiger partial charge in [-0.25, -0.2) is 0 Å². The summed E-state index contributed by atoms with van der Waals surface area (Å²) in [6, 6.07) is 8.75. The van der Waals surface area contributed by atoms with Crippen molar-refractivity contribution >= 4 is 11.9 Å². The molecule has 20 heavy (non-hydrogen) atoms. The van der Waals surface area contributed by atoms with E-state index in [-0.39, 0.29) is 12.5 Å². The number of hydrogen-bond acceptors (Lipinski definition) is 3. The van der Waals surface area contributed by atoms with Crippen molar-refractivity contribution in [1.82, 2.24) is 5.32 Å². The number of nitrogens with one attached hydrogen (secondary N) is 1. The molecule has 1 amide bonds. The van der Waals surface area contributed by atoms with Gasteiger partial charge in [-0.1, -0.05) is 30.3 Å². The fraction of sp³-hybridized carbons (Fsp3) is 0.467. The van der Waals surface area contributed by atoms with Crippen LogP contribution in [-0.2, 0) is 20.9 Å². The van der Waals surface area contributed by atoms with Gasteiger partial charge in [0.25, 0.3) is 0 Å². The van der Waals surface area contributed by atoms with Gasteiger partial charge in [-0.15, -0.1) is 0 Å². The molecule has 1 rings (SSSR count). The van der Waals surface area contributed by atoms with Crippen LogP contribution in [0.25, 0.3) is 0 Å². The highest BCUT2D eigenvalue weighted by molar-refractivity contribution is 5.86. The van der Waals surface area contributed by atoms with Crippen LogP contribution in [0.4, 0.5) is 0 Å². The fourth-order valence-electron chi connectivity index (χ4n) is 1.52. The smallest absolute Gasteiger partial charge is 0.325 e. The monoisotopic (exact) mass is 279 g/mol. The molecule has 0 heterocycles. The second kappa shape index (κ2) is 7.05. The lowest BCUT2D eigenvalue weighted by molar-refractivity contribution is -0.144. The van der Waals surface area contributed by atoms with Gasteiger partial charge >= 0.3 is 5.97 Å². The normalized spacial score (nSPS) is 12.8. The molecule has 110 valence electrons. The minimum atomic E-state index is -1.06. The lowest BCUT2D eigenvalue weighted by Gasteiger charge is -2.24. The summed E-state index contributed by atoms with van der Waals surface area (Å²) in [7, 11) is 0. The number of ether oxygens (including phenoxy) is 1. The molecule has 1 aromatic rings. The van der Waals surface area contributed by atoms with Gasteiger partial charge in [0.15, 0.2) is 0 Å². The molecule has 0 unspecified atom stereocenters. The van der Waals surface area contributed by atoms with Crippen LogP contribution < -0.4 is 5.32 Å². The summed E-state index contributed by atoms with van der Waals surface area (Å²) in [5.41, 5.74) is 0.251. The Morgan fingerprint density at radius 1 is 1.30 bits per heavy atom. The molecule has 0 fully saturated rings. The number of carboxylic acid groups (broad SMARTS) is 1. The number of carbonyl (C=O) groups is 2. The van der Waals surface area contributed by atoms with Crippen LogP contribution in [-0.4, -0.2) is 29.6 Å². The molecule has 1 aromatic carbocycles. The predicted octanol–water partition coefficient (Wildman–Crippen LogP) is 1.82. The largest absolute Gasteiger partial charge is 0.480 e. The molecular formula is C15H21NO4. The van der Waals surface area contributed by atoms with Gasteiger partial charge in [-0.3, -0.25) is 9.59 Å². The van der Waals surface area contributed by atoms with E-state index in [1.165, 1.54) is 6.92 Å². The summed E-state index contributed by atoms with van der Waals surface area (Å²) in [5.74, 6) is -1.39. The molecule has 1 atom stereocenters. The zero-order chi connectivity index (χ0) is 15.2. The molecule has 2 N–H and O–H groups in total. The van der Waals surface area contributed by atoms with E-state index in [0.29, 0.717) is 6.61 Å². The van der Waals surface area contributed by atoms with Gasteiger partial charge in [0, 0.05) is 0 Å². The molecule has 0 aliphatic heterocycles. The van der Waals surface area contributed by atoms with Gasteiger partial charge in [-0.05, 0) is 26.3 Å². The highest BCUT2D eigenvalue weighted by Crippen LogP contribution is 2.17. The molecule has 0 radical (unpaired) electrons. The molecule has 5 heteroatoms. The highest BCUT2D eigenvalue weighted by atomic mass is 16.5. The molecule has 0 aromatic heterocycles. The maximum atomic E-state index is 12.0. The van der Waals surface area contributed by atoms with Gasteiger partial charge in [0.05, 0.1) is 18.6 Å². The number of amides is 1. The van der Waals surface area contributed by atoms with Crippen LogP contribution in [0.1, 0.15) is 26.3 Å². The summed E-state index contributed by atoms with van der Waals surface area (Å²) in [5, 5.41) is 11.2. The highest BCUT2D eigenvalue weighted by Gasteiger charge is 2.30. The van der Waals surface area contributed by atoms with Gasteiger partial charge < -0.3 is 15.2 Å². The number of rotatable bonds is 7. The number of carbonyl (C=O) groups excluding carboxylic acids is 1. The summed E-state index contributed by atoms with van der Waals surface area (Å²) >= 11 is 0. The number of aliphatic carboxylic acids is 1. The first-order valence-electron chi connectivity index (χ1n) is 6.48. The summed E-state index contributed by atoms with van der Waals surface area (Å²) in [6.07, 6.45) is 0. The first-order chi connectivity index (χ1) is 9.33. The fourth-order valence-corrected chi connectivity index (χ4v) is 1.52. The van der Waals surface area contributed by atoms with Crippen molar-refractivity contribution in [3.05, 3.63) is 35.9 Å². The Morgan fingerprint density at radius 3 is 2.45 bits per heavy atom. The average Bonchev–Trinajstić information content (AvgIpc) is 2.39. The number of carboxylic acids is 1. The van der Waals surface area contributed by atoms with Crippen LogP contribution in [0.15, 0.2) is 30.3 Å². The quantitative estimate of drug-likeness (QED) is 0.798. The maximum Gasteiger partial charge on any atom is 0.325 e. The molecule has 0 aliphatic carbocycles. The van der Waals surface area contributed by atoms with Crippen LogP contribution in [0.5, 0.6) is 0 Å². The number of benzene rings is 1. The molecular weight excluding hydrogens is 258 g/mol. The van der Waals surface area contributed by atoms with E-state index in [0.717, 1.165) is 5.56 Å². The lowest BCUT2D eigenvalue weighted by Crippen LogP contribution is -2.46. The molecule has 0 aliphatic rings. The Hall–Kier alpha value is -1.88.